The zero-order chi connectivity index (χ0) is 20.2. The Labute approximate surface area is 160 Å². The van der Waals surface area contributed by atoms with E-state index in [0.717, 1.165) is 5.69 Å². The highest BCUT2D eigenvalue weighted by molar-refractivity contribution is 7.89. The van der Waals surface area contributed by atoms with Crippen molar-refractivity contribution in [1.82, 2.24) is 14.6 Å². The summed E-state index contributed by atoms with van der Waals surface area (Å²) in [6, 6.07) is 9.83. The minimum atomic E-state index is -3.86. The van der Waals surface area contributed by atoms with Crippen molar-refractivity contribution in [3.63, 3.8) is 0 Å². The zero-order valence-corrected chi connectivity index (χ0v) is 17.0. The highest BCUT2D eigenvalue weighted by Gasteiger charge is 2.27. The van der Waals surface area contributed by atoms with Gasteiger partial charge in [-0.15, -0.1) is 0 Å². The minimum Gasteiger partial charge on any atom is -0.495 e. The first kappa shape index (κ1) is 20.9. The first-order valence-corrected chi connectivity index (χ1v) is 9.89. The number of aromatic nitrogens is 1. The molecule has 2 aromatic rings. The molecule has 0 radical (unpaired) electrons. The maximum atomic E-state index is 12.8. The van der Waals surface area contributed by atoms with Crippen LogP contribution in [0, 0.1) is 0 Å². The topological polar surface area (TPSA) is 88.6 Å². The number of hydrogen-bond acceptors (Lipinski definition) is 5. The molecule has 0 aliphatic rings. The van der Waals surface area contributed by atoms with E-state index in [4.69, 9.17) is 4.74 Å². The fourth-order valence-electron chi connectivity index (χ4n) is 2.50. The van der Waals surface area contributed by atoms with Gasteiger partial charge in [-0.2, -0.15) is 0 Å². The van der Waals surface area contributed by atoms with Crippen LogP contribution in [0.25, 0.3) is 0 Å². The average molecular weight is 391 g/mol. The normalized spacial score (nSPS) is 11.9. The van der Waals surface area contributed by atoms with Crippen LogP contribution < -0.4 is 9.46 Å². The monoisotopic (exact) mass is 391 g/mol. The largest absolute Gasteiger partial charge is 0.495 e. The maximum absolute atomic E-state index is 12.8. The van der Waals surface area contributed by atoms with Crippen LogP contribution >= 0.6 is 0 Å². The highest BCUT2D eigenvalue weighted by Crippen LogP contribution is 2.26. The van der Waals surface area contributed by atoms with Gasteiger partial charge in [-0.25, -0.2) is 13.1 Å². The summed E-state index contributed by atoms with van der Waals surface area (Å²) in [6.45, 7) is 5.54. The number of pyridine rings is 1. The zero-order valence-electron chi connectivity index (χ0n) is 16.2. The second-order valence-corrected chi connectivity index (χ2v) is 8.85. The molecular formula is C19H25N3O4S. The lowest BCUT2D eigenvalue weighted by Gasteiger charge is -2.22. The van der Waals surface area contributed by atoms with Crippen molar-refractivity contribution in [3.05, 3.63) is 53.9 Å². The minimum absolute atomic E-state index is 0.0722. The number of carbonyl (C=O) groups is 1. The second-order valence-electron chi connectivity index (χ2n) is 7.20. The van der Waals surface area contributed by atoms with E-state index >= 15 is 0 Å². The van der Waals surface area contributed by atoms with E-state index < -0.39 is 15.6 Å². The standard InChI is InChI=1S/C19H25N3O4S/c1-19(2,3)21-27(24,25)17-12-14(9-10-16(17)26-5)18(23)22(4)13-15-8-6-7-11-20-15/h6-12,21H,13H2,1-5H3. The van der Waals surface area contributed by atoms with E-state index in [1.807, 2.05) is 12.1 Å². The van der Waals surface area contributed by atoms with Gasteiger partial charge in [0, 0.05) is 24.3 Å². The molecule has 0 bridgehead atoms. The molecule has 1 aromatic heterocycles. The fraction of sp³-hybridized carbons (Fsp3) is 0.368. The Balaban J connectivity index is 2.34. The number of nitrogens with one attached hydrogen (secondary N) is 1. The van der Waals surface area contributed by atoms with Gasteiger partial charge in [-0.05, 0) is 51.1 Å². The van der Waals surface area contributed by atoms with Gasteiger partial charge >= 0.3 is 0 Å². The van der Waals surface area contributed by atoms with Crippen LogP contribution in [0.3, 0.4) is 0 Å². The molecule has 0 spiro atoms. The van der Waals surface area contributed by atoms with Crippen molar-refractivity contribution in [2.75, 3.05) is 14.2 Å². The molecule has 27 heavy (non-hydrogen) atoms. The van der Waals surface area contributed by atoms with Crippen LogP contribution in [0.4, 0.5) is 0 Å². The van der Waals surface area contributed by atoms with Gasteiger partial charge in [0.05, 0.1) is 19.3 Å². The number of methoxy groups -OCH3 is 1. The van der Waals surface area contributed by atoms with Gasteiger partial charge in [-0.1, -0.05) is 6.07 Å². The summed E-state index contributed by atoms with van der Waals surface area (Å²) in [5.41, 5.74) is 0.326. The quantitative estimate of drug-likeness (QED) is 0.817. The van der Waals surface area contributed by atoms with E-state index in [2.05, 4.69) is 9.71 Å². The van der Waals surface area contributed by atoms with E-state index in [0.29, 0.717) is 6.54 Å². The smallest absolute Gasteiger partial charge is 0.253 e. The highest BCUT2D eigenvalue weighted by atomic mass is 32.2. The molecule has 0 aliphatic heterocycles. The summed E-state index contributed by atoms with van der Waals surface area (Å²) < 4.78 is 33.2. The van der Waals surface area contributed by atoms with Gasteiger partial charge in [0.1, 0.15) is 10.6 Å². The molecule has 146 valence electrons. The SMILES string of the molecule is COc1ccc(C(=O)N(C)Cc2ccccn2)cc1S(=O)(=O)NC(C)(C)C. The number of nitrogens with zero attached hydrogens (tertiary/aromatic N) is 2. The van der Waals surface area contributed by atoms with E-state index in [9.17, 15) is 13.2 Å². The first-order valence-electron chi connectivity index (χ1n) is 8.41. The molecule has 0 atom stereocenters. The Morgan fingerprint density at radius 2 is 1.93 bits per heavy atom. The van der Waals surface area contributed by atoms with Crippen molar-refractivity contribution < 1.29 is 17.9 Å². The Morgan fingerprint density at radius 1 is 1.22 bits per heavy atom. The third kappa shape index (κ3) is 5.51. The number of sulfonamides is 1. The number of rotatable bonds is 6. The summed E-state index contributed by atoms with van der Waals surface area (Å²) in [5.74, 6) is -0.133. The molecule has 1 N–H and O–H groups in total. The Kier molecular flexibility index (Phi) is 6.22. The van der Waals surface area contributed by atoms with Crippen molar-refractivity contribution in [2.24, 2.45) is 0 Å². The van der Waals surface area contributed by atoms with Crippen LogP contribution in [-0.4, -0.2) is 43.9 Å². The summed E-state index contributed by atoms with van der Waals surface area (Å²) in [7, 11) is -0.829. The Hall–Kier alpha value is -2.45. The molecule has 0 saturated heterocycles. The lowest BCUT2D eigenvalue weighted by atomic mass is 10.1. The Bertz CT molecular complexity index is 906. The van der Waals surface area contributed by atoms with E-state index in [-0.39, 0.29) is 22.1 Å². The molecule has 0 unspecified atom stereocenters. The molecule has 1 aromatic carbocycles. The number of carbonyl (C=O) groups excluding carboxylic acids is 1. The summed E-state index contributed by atoms with van der Waals surface area (Å²) in [6.07, 6.45) is 1.66. The molecule has 1 heterocycles. The third-order valence-corrected chi connectivity index (χ3v) is 5.39. The van der Waals surface area contributed by atoms with Crippen LogP contribution in [0.2, 0.25) is 0 Å². The van der Waals surface area contributed by atoms with Crippen LogP contribution in [-0.2, 0) is 16.6 Å². The summed E-state index contributed by atoms with van der Waals surface area (Å²) in [5, 5.41) is 0. The lowest BCUT2D eigenvalue weighted by Crippen LogP contribution is -2.40. The van der Waals surface area contributed by atoms with Crippen LogP contribution in [0.5, 0.6) is 5.75 Å². The molecule has 7 nitrogen and oxygen atoms in total. The van der Waals surface area contributed by atoms with E-state index in [1.165, 1.54) is 24.1 Å². The summed E-state index contributed by atoms with van der Waals surface area (Å²) in [4.78, 5) is 18.4. The Morgan fingerprint density at radius 3 is 2.48 bits per heavy atom. The average Bonchev–Trinajstić information content (AvgIpc) is 2.59. The predicted octanol–water partition coefficient (Wildman–Crippen LogP) is 2.44. The van der Waals surface area contributed by atoms with Crippen molar-refractivity contribution in [3.8, 4) is 5.75 Å². The lowest BCUT2D eigenvalue weighted by molar-refractivity contribution is 0.0783. The number of amides is 1. The number of benzene rings is 1. The van der Waals surface area contributed by atoms with E-state index in [1.54, 1.807) is 46.1 Å². The number of hydrogen-bond donors (Lipinski definition) is 1. The first-order chi connectivity index (χ1) is 12.5. The van der Waals surface area contributed by atoms with Crippen molar-refractivity contribution in [2.45, 2.75) is 37.8 Å². The van der Waals surface area contributed by atoms with Gasteiger partial charge in [0.2, 0.25) is 10.0 Å². The molecule has 2 rings (SSSR count). The van der Waals surface area contributed by atoms with Crippen molar-refractivity contribution in [1.29, 1.82) is 0 Å². The fourth-order valence-corrected chi connectivity index (χ4v) is 4.12. The summed E-state index contributed by atoms with van der Waals surface area (Å²) >= 11 is 0. The predicted molar refractivity (Wildman–Crippen MR) is 103 cm³/mol. The van der Waals surface area contributed by atoms with Crippen LogP contribution in [0.15, 0.2) is 47.5 Å². The molecule has 0 fully saturated rings. The van der Waals surface area contributed by atoms with Gasteiger partial charge in [-0.3, -0.25) is 9.78 Å². The molecule has 1 amide bonds. The third-order valence-electron chi connectivity index (χ3n) is 3.61. The molecule has 0 saturated carbocycles. The second kappa shape index (κ2) is 8.06. The molecule has 8 heteroatoms. The molecule has 0 aliphatic carbocycles. The number of ether oxygens (including phenoxy) is 1. The van der Waals surface area contributed by atoms with Gasteiger partial charge in [0.15, 0.2) is 0 Å². The van der Waals surface area contributed by atoms with Crippen molar-refractivity contribution >= 4 is 15.9 Å². The van der Waals surface area contributed by atoms with Crippen LogP contribution in [0.1, 0.15) is 36.8 Å². The van der Waals surface area contributed by atoms with Gasteiger partial charge < -0.3 is 9.64 Å². The maximum Gasteiger partial charge on any atom is 0.253 e. The van der Waals surface area contributed by atoms with Gasteiger partial charge in [0.25, 0.3) is 5.91 Å². The molecular weight excluding hydrogens is 366 g/mol.